The fourth-order valence-corrected chi connectivity index (χ4v) is 4.05. The number of anilines is 1. The molecule has 1 heterocycles. The summed E-state index contributed by atoms with van der Waals surface area (Å²) in [7, 11) is 0. The number of hydrogen-bond acceptors (Lipinski definition) is 9. The summed E-state index contributed by atoms with van der Waals surface area (Å²) in [5.74, 6) is -1.31. The van der Waals surface area contributed by atoms with Crippen molar-refractivity contribution in [3.05, 3.63) is 133 Å². The van der Waals surface area contributed by atoms with Crippen molar-refractivity contribution in [3.8, 4) is 11.5 Å². The number of carbonyl (C=O) groups is 3. The first-order valence-electron chi connectivity index (χ1n) is 11.7. The van der Waals surface area contributed by atoms with E-state index in [1.807, 2.05) is 0 Å². The second kappa shape index (κ2) is 10.5. The number of benzene rings is 4. The van der Waals surface area contributed by atoms with E-state index in [1.54, 1.807) is 24.3 Å². The Bertz CT molecular complexity index is 1700. The van der Waals surface area contributed by atoms with Gasteiger partial charge in [0, 0.05) is 24.3 Å². The lowest BCUT2D eigenvalue weighted by Gasteiger charge is -2.13. The van der Waals surface area contributed by atoms with Gasteiger partial charge in [0.05, 0.1) is 32.2 Å². The van der Waals surface area contributed by atoms with E-state index in [9.17, 15) is 34.6 Å². The SMILES string of the molecule is O=C(OCc1cccc(Oc2ccc([N+](=O)[O-])cc2)c1)c1ccc2c(c1)C(=O)N(c1cccc([N+](=O)[O-])c1)C2=O. The fourth-order valence-electron chi connectivity index (χ4n) is 4.05. The number of non-ortho nitro benzene ring substituents is 2. The molecule has 0 saturated heterocycles. The lowest BCUT2D eigenvalue weighted by Crippen LogP contribution is -2.29. The van der Waals surface area contributed by atoms with Crippen LogP contribution in [0, 0.1) is 20.2 Å². The van der Waals surface area contributed by atoms with Crippen molar-refractivity contribution < 1.29 is 33.7 Å². The minimum Gasteiger partial charge on any atom is -0.457 e. The highest BCUT2D eigenvalue weighted by Crippen LogP contribution is 2.31. The Labute approximate surface area is 225 Å². The third kappa shape index (κ3) is 5.09. The van der Waals surface area contributed by atoms with Crippen molar-refractivity contribution in [1.29, 1.82) is 0 Å². The van der Waals surface area contributed by atoms with Crippen LogP contribution >= 0.6 is 0 Å². The molecule has 1 aliphatic rings. The molecule has 40 heavy (non-hydrogen) atoms. The van der Waals surface area contributed by atoms with E-state index in [-0.39, 0.29) is 40.4 Å². The summed E-state index contributed by atoms with van der Waals surface area (Å²) in [6, 6.07) is 21.3. The van der Waals surface area contributed by atoms with Crippen molar-refractivity contribution in [2.75, 3.05) is 4.90 Å². The molecule has 0 aromatic heterocycles. The Hall–Kier alpha value is -5.91. The minimum atomic E-state index is -0.737. The maximum absolute atomic E-state index is 13.0. The number of nitro benzene ring substituents is 2. The first-order valence-corrected chi connectivity index (χ1v) is 11.7. The second-order valence-corrected chi connectivity index (χ2v) is 8.56. The molecule has 12 nitrogen and oxygen atoms in total. The third-order valence-electron chi connectivity index (χ3n) is 5.97. The molecule has 0 spiro atoms. The van der Waals surface area contributed by atoms with E-state index in [4.69, 9.17) is 9.47 Å². The average molecular weight is 539 g/mol. The molecule has 1 aliphatic heterocycles. The highest BCUT2D eigenvalue weighted by atomic mass is 16.6. The predicted molar refractivity (Wildman–Crippen MR) is 139 cm³/mol. The van der Waals surface area contributed by atoms with Gasteiger partial charge in [-0.3, -0.25) is 29.8 Å². The smallest absolute Gasteiger partial charge is 0.338 e. The van der Waals surface area contributed by atoms with Crippen molar-refractivity contribution in [2.24, 2.45) is 0 Å². The zero-order valence-corrected chi connectivity index (χ0v) is 20.4. The van der Waals surface area contributed by atoms with Crippen LogP contribution in [0.15, 0.2) is 91.0 Å². The molecule has 0 saturated carbocycles. The van der Waals surface area contributed by atoms with Gasteiger partial charge in [-0.05, 0) is 54.1 Å². The zero-order valence-electron chi connectivity index (χ0n) is 20.4. The highest BCUT2D eigenvalue weighted by molar-refractivity contribution is 6.34. The summed E-state index contributed by atoms with van der Waals surface area (Å²) in [4.78, 5) is 60.2. The van der Waals surface area contributed by atoms with Crippen LogP contribution in [-0.2, 0) is 11.3 Å². The summed E-state index contributed by atoms with van der Waals surface area (Å²) in [6.45, 7) is -0.125. The molecule has 0 atom stereocenters. The topological polar surface area (TPSA) is 159 Å². The largest absolute Gasteiger partial charge is 0.457 e. The van der Waals surface area contributed by atoms with Gasteiger partial charge in [-0.1, -0.05) is 18.2 Å². The minimum absolute atomic E-state index is 0.0237. The van der Waals surface area contributed by atoms with E-state index in [2.05, 4.69) is 0 Å². The zero-order chi connectivity index (χ0) is 28.4. The Morgan fingerprint density at radius 2 is 1.43 bits per heavy atom. The van der Waals surface area contributed by atoms with Crippen LogP contribution in [0.5, 0.6) is 11.5 Å². The average Bonchev–Trinajstić information content (AvgIpc) is 3.21. The summed E-state index contributed by atoms with van der Waals surface area (Å²) in [6.07, 6.45) is 0. The lowest BCUT2D eigenvalue weighted by atomic mass is 10.1. The quantitative estimate of drug-likeness (QED) is 0.123. The third-order valence-corrected chi connectivity index (χ3v) is 5.97. The molecule has 0 N–H and O–H groups in total. The van der Waals surface area contributed by atoms with E-state index >= 15 is 0 Å². The van der Waals surface area contributed by atoms with Gasteiger partial charge in [0.25, 0.3) is 23.2 Å². The van der Waals surface area contributed by atoms with Gasteiger partial charge in [-0.25, -0.2) is 9.69 Å². The molecule has 0 aliphatic carbocycles. The van der Waals surface area contributed by atoms with E-state index in [0.29, 0.717) is 17.1 Å². The Morgan fingerprint density at radius 1 is 0.725 bits per heavy atom. The van der Waals surface area contributed by atoms with Gasteiger partial charge in [0.2, 0.25) is 0 Å². The summed E-state index contributed by atoms with van der Waals surface area (Å²) in [5.41, 5.74) is 0.368. The molecule has 12 heteroatoms. The van der Waals surface area contributed by atoms with Gasteiger partial charge in [0.15, 0.2) is 0 Å². The van der Waals surface area contributed by atoms with E-state index in [1.165, 1.54) is 60.7 Å². The Balaban J connectivity index is 1.27. The van der Waals surface area contributed by atoms with Gasteiger partial charge in [0.1, 0.15) is 18.1 Å². The summed E-state index contributed by atoms with van der Waals surface area (Å²) >= 11 is 0. The molecule has 198 valence electrons. The molecule has 4 aromatic rings. The Morgan fingerprint density at radius 3 is 2.15 bits per heavy atom. The fraction of sp³-hybridized carbons (Fsp3) is 0.0357. The molecular formula is C28H17N3O9. The second-order valence-electron chi connectivity index (χ2n) is 8.56. The first kappa shape index (κ1) is 25.7. The van der Waals surface area contributed by atoms with Crippen molar-refractivity contribution in [1.82, 2.24) is 0 Å². The highest BCUT2D eigenvalue weighted by Gasteiger charge is 2.37. The monoisotopic (exact) mass is 539 g/mol. The number of hydrogen-bond donors (Lipinski definition) is 0. The van der Waals surface area contributed by atoms with Crippen LogP contribution in [0.1, 0.15) is 36.6 Å². The van der Waals surface area contributed by atoms with Crippen LogP contribution in [0.2, 0.25) is 0 Å². The number of ether oxygens (including phenoxy) is 2. The van der Waals surface area contributed by atoms with Crippen LogP contribution in [0.4, 0.5) is 17.1 Å². The van der Waals surface area contributed by atoms with Crippen LogP contribution in [0.25, 0.3) is 0 Å². The van der Waals surface area contributed by atoms with Gasteiger partial charge in [-0.15, -0.1) is 0 Å². The van der Waals surface area contributed by atoms with Crippen LogP contribution < -0.4 is 9.64 Å². The van der Waals surface area contributed by atoms with E-state index in [0.717, 1.165) is 11.0 Å². The van der Waals surface area contributed by atoms with E-state index < -0.39 is 27.6 Å². The van der Waals surface area contributed by atoms with Gasteiger partial charge >= 0.3 is 5.97 Å². The van der Waals surface area contributed by atoms with Crippen LogP contribution in [0.3, 0.4) is 0 Å². The van der Waals surface area contributed by atoms with Crippen molar-refractivity contribution in [3.63, 3.8) is 0 Å². The number of rotatable bonds is 8. The molecule has 0 bridgehead atoms. The number of amides is 2. The maximum atomic E-state index is 13.0. The number of imide groups is 1. The normalized spacial score (nSPS) is 12.2. The number of esters is 1. The van der Waals surface area contributed by atoms with Crippen molar-refractivity contribution >= 4 is 34.8 Å². The van der Waals surface area contributed by atoms with Crippen LogP contribution in [-0.4, -0.2) is 27.6 Å². The van der Waals surface area contributed by atoms with Gasteiger partial charge in [-0.2, -0.15) is 0 Å². The summed E-state index contributed by atoms with van der Waals surface area (Å²) < 4.78 is 11.1. The molecule has 0 unspecified atom stereocenters. The standard InChI is InChI=1S/C28H17N3O9/c32-26-24-12-7-18(14-25(24)27(33)29(26)20-4-2-5-21(15-20)31(37)38)28(34)39-16-17-3-1-6-23(13-17)40-22-10-8-19(9-11-22)30(35)36/h1-15H,16H2. The number of carbonyl (C=O) groups excluding carboxylic acids is 3. The summed E-state index contributed by atoms with van der Waals surface area (Å²) in [5, 5.41) is 21.9. The maximum Gasteiger partial charge on any atom is 0.338 e. The first-order chi connectivity index (χ1) is 19.2. The predicted octanol–water partition coefficient (Wildman–Crippen LogP) is 5.45. The number of nitrogens with zero attached hydrogens (tertiary/aromatic N) is 3. The molecule has 5 rings (SSSR count). The number of fused-ring (bicyclic) bond motifs is 1. The molecular weight excluding hydrogens is 522 g/mol. The van der Waals surface area contributed by atoms with Crippen molar-refractivity contribution in [2.45, 2.75) is 6.61 Å². The molecule has 0 fully saturated rings. The molecule has 4 aromatic carbocycles. The number of nitro groups is 2. The molecule has 0 radical (unpaired) electrons. The molecule has 2 amide bonds. The Kier molecular flexibility index (Phi) is 6.72. The lowest BCUT2D eigenvalue weighted by molar-refractivity contribution is -0.385. The van der Waals surface area contributed by atoms with Gasteiger partial charge < -0.3 is 9.47 Å².